The van der Waals surface area contributed by atoms with Crippen molar-refractivity contribution in [3.05, 3.63) is 5.82 Å². The quantitative estimate of drug-likeness (QED) is 0.796. The summed E-state index contributed by atoms with van der Waals surface area (Å²) >= 11 is 0. The summed E-state index contributed by atoms with van der Waals surface area (Å²) in [6.45, 7) is 10.3. The largest absolute Gasteiger partial charge is 0.300 e. The molecule has 0 saturated carbocycles. The fourth-order valence-corrected chi connectivity index (χ4v) is 1.37. The van der Waals surface area contributed by atoms with Gasteiger partial charge in [-0.15, -0.1) is 5.10 Å². The monoisotopic (exact) mass is 268 g/mol. The van der Waals surface area contributed by atoms with Crippen LogP contribution in [0, 0.1) is 11.8 Å². The van der Waals surface area contributed by atoms with Crippen molar-refractivity contribution >= 4 is 5.78 Å². The lowest BCUT2D eigenvalue weighted by molar-refractivity contribution is -0.117. The normalized spacial score (nSPS) is 10.5. The Morgan fingerprint density at radius 1 is 1.16 bits per heavy atom. The summed E-state index contributed by atoms with van der Waals surface area (Å²) in [6, 6.07) is 0. The molecule has 1 aromatic heterocycles. The number of hydrogen-bond donors (Lipinski definition) is 0. The van der Waals surface area contributed by atoms with E-state index in [1.165, 1.54) is 0 Å². The van der Waals surface area contributed by atoms with Gasteiger partial charge in [-0.3, -0.25) is 0 Å². The van der Waals surface area contributed by atoms with E-state index < -0.39 is 0 Å². The first-order chi connectivity index (χ1) is 8.82. The molecule has 0 atom stereocenters. The van der Waals surface area contributed by atoms with Gasteiger partial charge in [0, 0.05) is 19.9 Å². The van der Waals surface area contributed by atoms with Crippen LogP contribution in [0.4, 0.5) is 0 Å². The Kier molecular flexibility index (Phi) is 9.00. The molecule has 110 valence electrons. The summed E-state index contributed by atoms with van der Waals surface area (Å²) in [7, 11) is 1.87. The maximum absolute atomic E-state index is 10.3. The van der Waals surface area contributed by atoms with Crippen molar-refractivity contribution in [3.8, 4) is 0 Å². The van der Waals surface area contributed by atoms with Crippen molar-refractivity contribution in [2.75, 3.05) is 0 Å². The molecule has 0 spiro atoms. The number of nitrogens with zero attached hydrogens (tertiary/aromatic N) is 4. The maximum atomic E-state index is 10.3. The molecular formula is C14H28N4O. The van der Waals surface area contributed by atoms with E-state index in [4.69, 9.17) is 0 Å². The lowest BCUT2D eigenvalue weighted by Gasteiger charge is -2.01. The molecule has 0 aromatic carbocycles. The number of carbonyl (C=O) groups excluding carboxylic acids is 1. The van der Waals surface area contributed by atoms with Gasteiger partial charge >= 0.3 is 0 Å². The van der Waals surface area contributed by atoms with E-state index in [2.05, 4.69) is 43.2 Å². The highest BCUT2D eigenvalue weighted by atomic mass is 16.1. The second-order valence-electron chi connectivity index (χ2n) is 5.79. The highest BCUT2D eigenvalue weighted by molar-refractivity contribution is 5.75. The van der Waals surface area contributed by atoms with Gasteiger partial charge in [-0.05, 0) is 42.0 Å². The zero-order chi connectivity index (χ0) is 14.8. The third kappa shape index (κ3) is 10.4. The minimum absolute atomic E-state index is 0.304. The molecule has 0 N–H and O–H groups in total. The molecule has 1 heterocycles. The molecule has 0 aliphatic carbocycles. The average molecular weight is 268 g/mol. The van der Waals surface area contributed by atoms with Crippen molar-refractivity contribution in [2.45, 2.75) is 60.3 Å². The first-order valence-corrected chi connectivity index (χ1v) is 7.03. The second-order valence-corrected chi connectivity index (χ2v) is 5.79. The smallest absolute Gasteiger partial charge is 0.150 e. The third-order valence-electron chi connectivity index (χ3n) is 2.73. The molecule has 1 aromatic rings. The van der Waals surface area contributed by atoms with E-state index in [1.807, 2.05) is 7.05 Å². The van der Waals surface area contributed by atoms with Gasteiger partial charge in [0.2, 0.25) is 0 Å². The predicted octanol–water partition coefficient (Wildman–Crippen LogP) is 2.81. The zero-order valence-electron chi connectivity index (χ0n) is 13.2. The number of Topliss-reactive ketones (excluding diaryl/α,β-unsaturated/α-hetero) is 1. The summed E-state index contributed by atoms with van der Waals surface area (Å²) in [5.41, 5.74) is 0. The molecule has 5 heteroatoms. The van der Waals surface area contributed by atoms with Crippen LogP contribution in [0.1, 0.15) is 59.7 Å². The fraction of sp³-hybridized carbons (Fsp3) is 0.857. The van der Waals surface area contributed by atoms with E-state index in [-0.39, 0.29) is 0 Å². The summed E-state index contributed by atoms with van der Waals surface area (Å²) in [5.74, 6) is 2.66. The average Bonchev–Trinajstić information content (AvgIpc) is 2.70. The second kappa shape index (κ2) is 9.64. The Labute approximate surface area is 116 Å². The number of rotatable bonds is 6. The van der Waals surface area contributed by atoms with E-state index in [0.29, 0.717) is 17.6 Å². The number of aromatic nitrogens is 4. The van der Waals surface area contributed by atoms with Crippen molar-refractivity contribution in [3.63, 3.8) is 0 Å². The Hall–Kier alpha value is -1.26. The number of carbonyl (C=O) groups is 1. The molecule has 0 saturated heterocycles. The maximum Gasteiger partial charge on any atom is 0.150 e. The van der Waals surface area contributed by atoms with Crippen molar-refractivity contribution in [1.82, 2.24) is 20.2 Å². The molecular weight excluding hydrogens is 240 g/mol. The molecule has 0 fully saturated rings. The Morgan fingerprint density at radius 3 is 2.05 bits per heavy atom. The van der Waals surface area contributed by atoms with E-state index in [0.717, 1.165) is 31.5 Å². The first kappa shape index (κ1) is 17.7. The first-order valence-electron chi connectivity index (χ1n) is 7.03. The van der Waals surface area contributed by atoms with Crippen LogP contribution in [-0.2, 0) is 18.3 Å². The van der Waals surface area contributed by atoms with Gasteiger partial charge in [-0.2, -0.15) is 0 Å². The van der Waals surface area contributed by atoms with Crippen molar-refractivity contribution in [2.24, 2.45) is 18.9 Å². The predicted molar refractivity (Wildman–Crippen MR) is 76.7 cm³/mol. The summed E-state index contributed by atoms with van der Waals surface area (Å²) in [4.78, 5) is 10.3. The third-order valence-corrected chi connectivity index (χ3v) is 2.73. The van der Waals surface area contributed by atoms with Crippen LogP contribution < -0.4 is 0 Å². The van der Waals surface area contributed by atoms with Crippen LogP contribution in [0.3, 0.4) is 0 Å². The van der Waals surface area contributed by atoms with Crippen molar-refractivity contribution < 1.29 is 4.79 Å². The van der Waals surface area contributed by atoms with Gasteiger partial charge in [0.05, 0.1) is 0 Å². The topological polar surface area (TPSA) is 60.7 Å². The lowest BCUT2D eigenvalue weighted by atomic mass is 10.1. The number of tetrazole rings is 1. The molecule has 0 aliphatic heterocycles. The highest BCUT2D eigenvalue weighted by Gasteiger charge is 2.02. The van der Waals surface area contributed by atoms with Gasteiger partial charge in [-0.1, -0.05) is 27.7 Å². The lowest BCUT2D eigenvalue weighted by Crippen LogP contribution is -2.01. The number of aryl methyl sites for hydroxylation is 2. The number of ketones is 1. The minimum atomic E-state index is 0.304. The molecule has 0 bridgehead atoms. The van der Waals surface area contributed by atoms with Gasteiger partial charge in [0.25, 0.3) is 0 Å². The molecule has 0 aliphatic rings. The molecule has 1 rings (SSSR count). The molecule has 0 radical (unpaired) electrons. The summed E-state index contributed by atoms with van der Waals surface area (Å²) in [5, 5.41) is 11.2. The van der Waals surface area contributed by atoms with Crippen LogP contribution in [0.5, 0.6) is 0 Å². The number of hydrogen-bond acceptors (Lipinski definition) is 4. The zero-order valence-corrected chi connectivity index (χ0v) is 13.2. The van der Waals surface area contributed by atoms with Crippen LogP contribution in [-0.4, -0.2) is 26.0 Å². The van der Waals surface area contributed by atoms with Crippen LogP contribution >= 0.6 is 0 Å². The van der Waals surface area contributed by atoms with E-state index in [1.54, 1.807) is 11.6 Å². The summed E-state index contributed by atoms with van der Waals surface area (Å²) in [6.07, 6.45) is 3.91. The Bertz CT molecular complexity index is 358. The van der Waals surface area contributed by atoms with Gasteiger partial charge < -0.3 is 4.79 Å². The standard InChI is InChI=1S/C7H14N4.C7H14O/c1-6(2)4-5-7-8-9-10-11(7)3;1-6(2)4-5-7(3)8/h6H,4-5H2,1-3H3;6H,4-5H2,1-3H3. The van der Waals surface area contributed by atoms with Gasteiger partial charge in [0.15, 0.2) is 5.82 Å². The Balaban J connectivity index is 0.000000362. The molecule has 0 amide bonds. The molecule has 0 unspecified atom stereocenters. The van der Waals surface area contributed by atoms with Gasteiger partial charge in [-0.25, -0.2) is 4.68 Å². The van der Waals surface area contributed by atoms with Crippen LogP contribution in [0.25, 0.3) is 0 Å². The van der Waals surface area contributed by atoms with E-state index >= 15 is 0 Å². The minimum Gasteiger partial charge on any atom is -0.300 e. The van der Waals surface area contributed by atoms with Crippen molar-refractivity contribution in [1.29, 1.82) is 0 Å². The van der Waals surface area contributed by atoms with Crippen LogP contribution in [0.2, 0.25) is 0 Å². The summed E-state index contributed by atoms with van der Waals surface area (Å²) < 4.78 is 1.72. The molecule has 19 heavy (non-hydrogen) atoms. The Morgan fingerprint density at radius 2 is 1.74 bits per heavy atom. The highest BCUT2D eigenvalue weighted by Crippen LogP contribution is 2.04. The SMILES string of the molecule is CC(=O)CCC(C)C.CC(C)CCc1nnnn1C. The van der Waals surface area contributed by atoms with Gasteiger partial charge in [0.1, 0.15) is 5.78 Å². The van der Waals surface area contributed by atoms with Crippen LogP contribution in [0.15, 0.2) is 0 Å². The van der Waals surface area contributed by atoms with E-state index in [9.17, 15) is 4.79 Å². The molecule has 5 nitrogen and oxygen atoms in total. The fourth-order valence-electron chi connectivity index (χ4n) is 1.37.